The Kier molecular flexibility index (Phi) is 4.57. The maximum atomic E-state index is 6.32. The molecule has 0 bridgehead atoms. The van der Waals surface area contributed by atoms with Crippen LogP contribution in [0.3, 0.4) is 0 Å². The summed E-state index contributed by atoms with van der Waals surface area (Å²) < 4.78 is 6.32. The van der Waals surface area contributed by atoms with E-state index in [0.29, 0.717) is 11.4 Å². The molecular weight excluding hydrogens is 218 g/mol. The highest BCUT2D eigenvalue weighted by Gasteiger charge is 2.40. The fourth-order valence-electron chi connectivity index (χ4n) is 2.92. The average Bonchev–Trinajstić information content (AvgIpc) is 2.70. The van der Waals surface area contributed by atoms with E-state index in [1.54, 1.807) is 0 Å². The Morgan fingerprint density at radius 1 is 1.31 bits per heavy atom. The van der Waals surface area contributed by atoms with Crippen LogP contribution in [0.5, 0.6) is 0 Å². The molecular formula is C13H25NOS. The Labute approximate surface area is 104 Å². The van der Waals surface area contributed by atoms with Crippen LogP contribution in [-0.2, 0) is 4.74 Å². The minimum atomic E-state index is 0.287. The molecule has 2 aliphatic rings. The first-order valence-corrected chi connectivity index (χ1v) is 7.78. The zero-order valence-electron chi connectivity index (χ0n) is 10.4. The van der Waals surface area contributed by atoms with E-state index in [9.17, 15) is 0 Å². The maximum Gasteiger partial charge on any atom is 0.0687 e. The first-order valence-electron chi connectivity index (χ1n) is 6.74. The van der Waals surface area contributed by atoms with E-state index in [1.807, 2.05) is 11.8 Å². The molecule has 0 aromatic heterocycles. The van der Waals surface area contributed by atoms with E-state index in [0.717, 1.165) is 12.3 Å². The van der Waals surface area contributed by atoms with Crippen LogP contribution in [0.2, 0.25) is 0 Å². The summed E-state index contributed by atoms with van der Waals surface area (Å²) in [6.45, 7) is 2.98. The monoisotopic (exact) mass is 243 g/mol. The van der Waals surface area contributed by atoms with Gasteiger partial charge in [-0.15, -0.1) is 0 Å². The molecule has 2 N–H and O–H groups in total. The smallest absolute Gasteiger partial charge is 0.0687 e. The molecule has 1 spiro atoms. The second kappa shape index (κ2) is 5.74. The highest BCUT2D eigenvalue weighted by molar-refractivity contribution is 7.99. The highest BCUT2D eigenvalue weighted by atomic mass is 32.2. The van der Waals surface area contributed by atoms with Crippen LogP contribution < -0.4 is 5.73 Å². The Morgan fingerprint density at radius 2 is 2.06 bits per heavy atom. The fraction of sp³-hybridized carbons (Fsp3) is 1.00. The van der Waals surface area contributed by atoms with Crippen molar-refractivity contribution in [1.82, 2.24) is 0 Å². The lowest BCUT2D eigenvalue weighted by molar-refractivity contribution is -0.0555. The molecule has 0 amide bonds. The van der Waals surface area contributed by atoms with Gasteiger partial charge in [-0.25, -0.2) is 0 Å². The summed E-state index contributed by atoms with van der Waals surface area (Å²) in [5, 5.41) is 0.575. The largest absolute Gasteiger partial charge is 0.371 e. The maximum absolute atomic E-state index is 6.32. The van der Waals surface area contributed by atoms with Crippen LogP contribution in [0.15, 0.2) is 0 Å². The van der Waals surface area contributed by atoms with Gasteiger partial charge in [0.2, 0.25) is 0 Å². The molecule has 0 radical (unpaired) electrons. The third-order valence-corrected chi connectivity index (χ3v) is 5.33. The minimum Gasteiger partial charge on any atom is -0.371 e. The van der Waals surface area contributed by atoms with Gasteiger partial charge in [0.15, 0.2) is 0 Å². The zero-order valence-corrected chi connectivity index (χ0v) is 11.2. The van der Waals surface area contributed by atoms with Crippen molar-refractivity contribution in [3.63, 3.8) is 0 Å². The van der Waals surface area contributed by atoms with Gasteiger partial charge in [0, 0.05) is 17.5 Å². The second-order valence-electron chi connectivity index (χ2n) is 5.40. The van der Waals surface area contributed by atoms with Crippen LogP contribution >= 0.6 is 11.8 Å². The van der Waals surface area contributed by atoms with Crippen LogP contribution in [-0.4, -0.2) is 29.3 Å². The molecule has 2 nitrogen and oxygen atoms in total. The van der Waals surface area contributed by atoms with Gasteiger partial charge in [-0.1, -0.05) is 26.2 Å². The van der Waals surface area contributed by atoms with Crippen molar-refractivity contribution in [2.75, 3.05) is 12.3 Å². The summed E-state index contributed by atoms with van der Waals surface area (Å²) >= 11 is 1.97. The molecule has 1 aliphatic carbocycles. The molecule has 1 heterocycles. The number of hydrogen-bond acceptors (Lipinski definition) is 3. The highest BCUT2D eigenvalue weighted by Crippen LogP contribution is 2.42. The molecule has 2 unspecified atom stereocenters. The van der Waals surface area contributed by atoms with Gasteiger partial charge in [-0.3, -0.25) is 0 Å². The van der Waals surface area contributed by atoms with Crippen LogP contribution in [0.1, 0.15) is 51.9 Å². The predicted molar refractivity (Wildman–Crippen MR) is 70.9 cm³/mol. The van der Waals surface area contributed by atoms with E-state index in [1.165, 1.54) is 44.9 Å². The Morgan fingerprint density at radius 3 is 2.75 bits per heavy atom. The number of thioether (sulfide) groups is 1. The van der Waals surface area contributed by atoms with Crippen molar-refractivity contribution < 1.29 is 4.74 Å². The summed E-state index contributed by atoms with van der Waals surface area (Å²) in [4.78, 5) is 0. The molecule has 0 aromatic rings. The number of nitrogens with two attached hydrogens (primary N) is 1. The van der Waals surface area contributed by atoms with E-state index >= 15 is 0 Å². The lowest BCUT2D eigenvalue weighted by atomic mass is 9.83. The van der Waals surface area contributed by atoms with Crippen molar-refractivity contribution in [1.29, 1.82) is 0 Å². The molecule has 3 heteroatoms. The summed E-state index contributed by atoms with van der Waals surface area (Å²) in [6, 6.07) is 0. The Balaban J connectivity index is 1.74. The summed E-state index contributed by atoms with van der Waals surface area (Å²) in [5.41, 5.74) is 5.92. The summed E-state index contributed by atoms with van der Waals surface area (Å²) in [5.74, 6) is 1.14. The zero-order chi connectivity index (χ0) is 11.4. The molecule has 1 saturated carbocycles. The normalized spacial score (nSPS) is 30.8. The number of ether oxygens (including phenoxy) is 1. The average molecular weight is 243 g/mol. The van der Waals surface area contributed by atoms with Crippen LogP contribution in [0.25, 0.3) is 0 Å². The summed E-state index contributed by atoms with van der Waals surface area (Å²) in [6.07, 6.45) is 9.84. The molecule has 16 heavy (non-hydrogen) atoms. The number of rotatable bonds is 4. The van der Waals surface area contributed by atoms with Crippen molar-refractivity contribution in [3.8, 4) is 0 Å². The standard InChI is InChI=1S/C13H25NOS/c1-11(9-14)16-10-12-5-8-13(15-12)6-3-2-4-7-13/h11-12H,2-10,14H2,1H3. The third kappa shape index (κ3) is 3.14. The van der Waals surface area contributed by atoms with Crippen LogP contribution in [0, 0.1) is 0 Å². The topological polar surface area (TPSA) is 35.2 Å². The lowest BCUT2D eigenvalue weighted by Crippen LogP contribution is -2.32. The fourth-order valence-corrected chi connectivity index (χ4v) is 3.83. The van der Waals surface area contributed by atoms with Gasteiger partial charge in [0.1, 0.15) is 0 Å². The molecule has 2 atom stereocenters. The van der Waals surface area contributed by atoms with E-state index in [-0.39, 0.29) is 5.60 Å². The number of hydrogen-bond donors (Lipinski definition) is 1. The van der Waals surface area contributed by atoms with Crippen molar-refractivity contribution in [2.45, 2.75) is 68.8 Å². The minimum absolute atomic E-state index is 0.287. The molecule has 0 aromatic carbocycles. The van der Waals surface area contributed by atoms with E-state index < -0.39 is 0 Å². The lowest BCUT2D eigenvalue weighted by Gasteiger charge is -2.33. The molecule has 1 aliphatic heterocycles. The third-order valence-electron chi connectivity index (χ3n) is 4.00. The van der Waals surface area contributed by atoms with Gasteiger partial charge in [-0.2, -0.15) is 11.8 Å². The molecule has 2 fully saturated rings. The second-order valence-corrected chi connectivity index (χ2v) is 6.87. The quantitative estimate of drug-likeness (QED) is 0.824. The van der Waals surface area contributed by atoms with E-state index in [2.05, 4.69) is 6.92 Å². The predicted octanol–water partition coefficient (Wildman–Crippen LogP) is 2.95. The van der Waals surface area contributed by atoms with Gasteiger partial charge in [-0.05, 0) is 25.7 Å². The molecule has 2 rings (SSSR count). The first kappa shape index (κ1) is 12.7. The first-order chi connectivity index (χ1) is 7.74. The molecule has 94 valence electrons. The Bertz CT molecular complexity index is 216. The SMILES string of the molecule is CC(CN)SCC1CCC2(CCCCC2)O1. The van der Waals surface area contributed by atoms with Gasteiger partial charge < -0.3 is 10.5 Å². The van der Waals surface area contributed by atoms with Crippen molar-refractivity contribution in [3.05, 3.63) is 0 Å². The van der Waals surface area contributed by atoms with Crippen molar-refractivity contribution in [2.24, 2.45) is 5.73 Å². The van der Waals surface area contributed by atoms with Crippen LogP contribution in [0.4, 0.5) is 0 Å². The summed E-state index contributed by atoms with van der Waals surface area (Å²) in [7, 11) is 0. The van der Waals surface area contributed by atoms with E-state index in [4.69, 9.17) is 10.5 Å². The van der Waals surface area contributed by atoms with Crippen molar-refractivity contribution >= 4 is 11.8 Å². The van der Waals surface area contributed by atoms with Gasteiger partial charge >= 0.3 is 0 Å². The van der Waals surface area contributed by atoms with Gasteiger partial charge in [0.05, 0.1) is 11.7 Å². The van der Waals surface area contributed by atoms with Gasteiger partial charge in [0.25, 0.3) is 0 Å². The molecule has 1 saturated heterocycles. The Hall–Kier alpha value is 0.270.